The number of hydrazine groups is 2. The molecule has 0 bridgehead atoms. The molecule has 1 unspecified atom stereocenters. The van der Waals surface area contributed by atoms with Crippen LogP contribution in [0.1, 0.15) is 168 Å². The predicted octanol–water partition coefficient (Wildman–Crippen LogP) is 8.10. The summed E-state index contributed by atoms with van der Waals surface area (Å²) in [6.07, 6.45) is 19.0. The molecule has 0 saturated heterocycles. The third-order valence-electron chi connectivity index (χ3n) is 9.19. The van der Waals surface area contributed by atoms with Crippen LogP contribution in [0, 0.1) is 5.92 Å². The fourth-order valence-electron chi connectivity index (χ4n) is 5.99. The zero-order valence-electron chi connectivity index (χ0n) is 30.7. The Labute approximate surface area is 299 Å². The van der Waals surface area contributed by atoms with E-state index >= 15 is 0 Å². The van der Waals surface area contributed by atoms with Crippen LogP contribution < -0.4 is 21.7 Å². The number of unbranched alkanes of at least 4 members (excludes halogenated alkanes) is 12. The van der Waals surface area contributed by atoms with Crippen LogP contribution in [0.5, 0.6) is 11.5 Å². The Morgan fingerprint density at radius 3 is 1.52 bits per heavy atom. The fraction of sp³-hybridized carbons (Fsp3) is 0.600. The molecule has 10 nitrogen and oxygen atoms in total. The van der Waals surface area contributed by atoms with Crippen molar-refractivity contribution in [1.29, 1.82) is 0 Å². The van der Waals surface area contributed by atoms with Gasteiger partial charge in [0.15, 0.2) is 0 Å². The normalized spacial score (nSPS) is 11.5. The summed E-state index contributed by atoms with van der Waals surface area (Å²) in [4.78, 5) is 50.0. The van der Waals surface area contributed by atoms with Gasteiger partial charge in [0.1, 0.15) is 11.5 Å². The highest BCUT2D eigenvalue weighted by Gasteiger charge is 2.18. The van der Waals surface area contributed by atoms with Gasteiger partial charge in [-0.05, 0) is 80.3 Å². The number of nitrogens with one attached hydrogen (secondary N) is 4. The maximum Gasteiger partial charge on any atom is 0.273 e. The second-order valence-corrected chi connectivity index (χ2v) is 13.4. The van der Waals surface area contributed by atoms with E-state index in [0.29, 0.717) is 19.3 Å². The summed E-state index contributed by atoms with van der Waals surface area (Å²) in [5.74, 6) is -2.12. The molecule has 2 rings (SSSR count). The quantitative estimate of drug-likeness (QED) is 0.0482. The van der Waals surface area contributed by atoms with Crippen LogP contribution in [-0.2, 0) is 22.4 Å². The molecule has 0 aromatic heterocycles. The predicted molar refractivity (Wildman–Crippen MR) is 198 cm³/mol. The van der Waals surface area contributed by atoms with Gasteiger partial charge in [-0.1, -0.05) is 110 Å². The van der Waals surface area contributed by atoms with E-state index in [4.69, 9.17) is 0 Å². The number of phenols is 2. The first-order valence-electron chi connectivity index (χ1n) is 19.0. The van der Waals surface area contributed by atoms with Gasteiger partial charge in [-0.15, -0.1) is 0 Å². The van der Waals surface area contributed by atoms with E-state index in [9.17, 15) is 29.4 Å². The zero-order valence-corrected chi connectivity index (χ0v) is 30.7. The van der Waals surface area contributed by atoms with E-state index < -0.39 is 11.8 Å². The summed E-state index contributed by atoms with van der Waals surface area (Å²) in [6.45, 7) is 6.29. The van der Waals surface area contributed by atoms with Gasteiger partial charge in [0.2, 0.25) is 11.8 Å². The number of hydrogen-bond acceptors (Lipinski definition) is 6. The van der Waals surface area contributed by atoms with Crippen molar-refractivity contribution in [2.75, 3.05) is 0 Å². The van der Waals surface area contributed by atoms with E-state index in [1.54, 1.807) is 24.3 Å². The molecule has 0 saturated carbocycles. The number of carbonyl (C=O) groups is 4. The Morgan fingerprint density at radius 1 is 0.560 bits per heavy atom. The molecular weight excluding hydrogens is 632 g/mol. The van der Waals surface area contributed by atoms with Crippen LogP contribution >= 0.6 is 0 Å². The van der Waals surface area contributed by atoms with E-state index in [-0.39, 0.29) is 46.8 Å². The minimum Gasteiger partial charge on any atom is -0.507 e. The average molecular weight is 695 g/mol. The SMILES string of the molecule is CCCCCCCc1ccc(C(=O)NNC(=O)CCCCCCCC(CC)C(=O)NNC(=O)c2ccc(CCCCCCC)cc2O)c(O)c1. The smallest absolute Gasteiger partial charge is 0.273 e. The molecule has 4 amide bonds. The van der Waals surface area contributed by atoms with Gasteiger partial charge in [-0.3, -0.25) is 40.9 Å². The number of aromatic hydroxyl groups is 2. The first kappa shape index (κ1) is 42.1. The van der Waals surface area contributed by atoms with Crippen molar-refractivity contribution in [3.63, 3.8) is 0 Å². The van der Waals surface area contributed by atoms with E-state index in [2.05, 4.69) is 35.6 Å². The maximum atomic E-state index is 12.7. The van der Waals surface area contributed by atoms with E-state index in [0.717, 1.165) is 75.3 Å². The number of amides is 4. The summed E-state index contributed by atoms with van der Waals surface area (Å²) in [7, 11) is 0. The van der Waals surface area contributed by atoms with Crippen LogP contribution in [0.4, 0.5) is 0 Å². The van der Waals surface area contributed by atoms with Crippen molar-refractivity contribution < 1.29 is 29.4 Å². The van der Waals surface area contributed by atoms with E-state index in [1.165, 1.54) is 38.5 Å². The van der Waals surface area contributed by atoms with Crippen LogP contribution in [0.3, 0.4) is 0 Å². The molecular formula is C40H62N4O6. The summed E-state index contributed by atoms with van der Waals surface area (Å²) in [5.41, 5.74) is 12.0. The molecule has 0 spiro atoms. The molecule has 2 aromatic carbocycles. The number of carbonyl (C=O) groups excluding carboxylic acids is 4. The Hall–Kier alpha value is -4.08. The van der Waals surface area contributed by atoms with Gasteiger partial charge in [0.25, 0.3) is 11.8 Å². The van der Waals surface area contributed by atoms with Crippen molar-refractivity contribution >= 4 is 23.6 Å². The lowest BCUT2D eigenvalue weighted by Gasteiger charge is -2.16. The molecule has 0 aliphatic heterocycles. The number of rotatable bonds is 24. The Balaban J connectivity index is 1.59. The Bertz CT molecular complexity index is 1330. The largest absolute Gasteiger partial charge is 0.507 e. The van der Waals surface area contributed by atoms with Gasteiger partial charge in [0.05, 0.1) is 11.1 Å². The summed E-state index contributed by atoms with van der Waals surface area (Å²) in [6, 6.07) is 10.1. The third-order valence-corrected chi connectivity index (χ3v) is 9.19. The zero-order chi connectivity index (χ0) is 36.6. The Kier molecular flexibility index (Phi) is 21.0. The van der Waals surface area contributed by atoms with Gasteiger partial charge in [0, 0.05) is 12.3 Å². The lowest BCUT2D eigenvalue weighted by molar-refractivity contribution is -0.126. The fourth-order valence-corrected chi connectivity index (χ4v) is 5.99. The Morgan fingerprint density at radius 2 is 1.02 bits per heavy atom. The topological polar surface area (TPSA) is 157 Å². The van der Waals surface area contributed by atoms with Gasteiger partial charge < -0.3 is 10.2 Å². The van der Waals surface area contributed by atoms with Crippen molar-refractivity contribution in [3.05, 3.63) is 58.7 Å². The second kappa shape index (κ2) is 25.0. The standard InChI is InChI=1S/C40H62N4O6/c1-4-7-9-12-16-20-30-24-26-33(35(45)28-30)39(49)43-41-37(47)23-19-15-11-14-18-22-32(6-3)38(48)42-44-40(50)34-27-25-31(29-36(34)46)21-17-13-10-8-5-2/h24-29,32,45-46H,4-23H2,1-3H3,(H,41,47)(H,42,48)(H,43,49)(H,44,50). The van der Waals surface area contributed by atoms with E-state index in [1.807, 2.05) is 19.1 Å². The average Bonchev–Trinajstić information content (AvgIpc) is 3.10. The van der Waals surface area contributed by atoms with Crippen LogP contribution in [0.2, 0.25) is 0 Å². The highest BCUT2D eigenvalue weighted by atomic mass is 16.3. The molecule has 50 heavy (non-hydrogen) atoms. The summed E-state index contributed by atoms with van der Waals surface area (Å²) < 4.78 is 0. The lowest BCUT2D eigenvalue weighted by atomic mass is 9.97. The minimum atomic E-state index is -0.560. The van der Waals surface area contributed by atoms with Crippen molar-refractivity contribution in [2.24, 2.45) is 5.92 Å². The number of hydrogen-bond donors (Lipinski definition) is 6. The molecule has 1 atom stereocenters. The number of benzene rings is 2. The van der Waals surface area contributed by atoms with Gasteiger partial charge >= 0.3 is 0 Å². The third kappa shape index (κ3) is 16.5. The lowest BCUT2D eigenvalue weighted by Crippen LogP contribution is -2.44. The van der Waals surface area contributed by atoms with Gasteiger partial charge in [-0.2, -0.15) is 0 Å². The van der Waals surface area contributed by atoms with Gasteiger partial charge in [-0.25, -0.2) is 0 Å². The van der Waals surface area contributed by atoms with Crippen molar-refractivity contribution in [1.82, 2.24) is 21.7 Å². The molecule has 6 N–H and O–H groups in total. The molecule has 0 fully saturated rings. The first-order chi connectivity index (χ1) is 24.2. The second-order valence-electron chi connectivity index (χ2n) is 13.4. The highest BCUT2D eigenvalue weighted by Crippen LogP contribution is 2.22. The minimum absolute atomic E-state index is 0.0958. The molecule has 0 radical (unpaired) electrons. The monoisotopic (exact) mass is 694 g/mol. The molecule has 10 heteroatoms. The molecule has 0 heterocycles. The van der Waals surface area contributed by atoms with Crippen molar-refractivity contribution in [2.45, 2.75) is 149 Å². The molecule has 0 aliphatic carbocycles. The molecule has 0 aliphatic rings. The number of phenolic OH excluding ortho intramolecular Hbond substituents is 2. The van der Waals surface area contributed by atoms with Crippen LogP contribution in [0.25, 0.3) is 0 Å². The summed E-state index contributed by atoms with van der Waals surface area (Å²) in [5, 5.41) is 20.7. The van der Waals surface area contributed by atoms with Crippen molar-refractivity contribution in [3.8, 4) is 11.5 Å². The molecule has 2 aromatic rings. The maximum absolute atomic E-state index is 12.7. The highest BCUT2D eigenvalue weighted by molar-refractivity contribution is 5.98. The first-order valence-corrected chi connectivity index (χ1v) is 19.0. The van der Waals surface area contributed by atoms with Crippen LogP contribution in [-0.4, -0.2) is 33.8 Å². The molecule has 278 valence electrons. The number of aryl methyl sites for hydroxylation is 2. The summed E-state index contributed by atoms with van der Waals surface area (Å²) >= 11 is 0. The van der Waals surface area contributed by atoms with Crippen LogP contribution in [0.15, 0.2) is 36.4 Å².